The quantitative estimate of drug-likeness (QED) is 0.574. The summed E-state index contributed by atoms with van der Waals surface area (Å²) in [7, 11) is 0. The van der Waals surface area contributed by atoms with Crippen LogP contribution in [0.2, 0.25) is 0 Å². The average Bonchev–Trinajstić information content (AvgIpc) is 2.95. The van der Waals surface area contributed by atoms with Crippen LogP contribution in [0.3, 0.4) is 0 Å². The molecule has 3 rings (SSSR count). The van der Waals surface area contributed by atoms with E-state index in [1.807, 2.05) is 24.3 Å². The maximum atomic E-state index is 12.9. The Labute approximate surface area is 126 Å². The highest BCUT2D eigenvalue weighted by molar-refractivity contribution is 7.98. The second kappa shape index (κ2) is 6.01. The average molecular weight is 300 g/mol. The molecule has 0 unspecified atom stereocenters. The molecule has 106 valence electrons. The molecule has 0 radical (unpaired) electrons. The van der Waals surface area contributed by atoms with E-state index in [-0.39, 0.29) is 5.82 Å². The molecule has 0 saturated carbocycles. The fourth-order valence-corrected chi connectivity index (χ4v) is 2.70. The summed E-state index contributed by atoms with van der Waals surface area (Å²) in [5, 5.41) is 0. The van der Waals surface area contributed by atoms with Crippen molar-refractivity contribution < 1.29 is 8.81 Å². The van der Waals surface area contributed by atoms with Gasteiger partial charge in [0.1, 0.15) is 12.1 Å². The molecule has 0 aliphatic heterocycles. The lowest BCUT2D eigenvalue weighted by Crippen LogP contribution is -1.85. The summed E-state index contributed by atoms with van der Waals surface area (Å²) < 4.78 is 18.3. The molecule has 3 aromatic rings. The molecule has 0 amide bonds. The zero-order valence-corrected chi connectivity index (χ0v) is 11.9. The molecule has 0 saturated heterocycles. The number of nitrogens with zero attached hydrogens (tertiary/aromatic N) is 1. The first-order chi connectivity index (χ1) is 10.2. The molecular weight excluding hydrogens is 287 g/mol. The van der Waals surface area contributed by atoms with Gasteiger partial charge in [0.25, 0.3) is 0 Å². The number of anilines is 1. The Bertz CT molecular complexity index is 740. The number of halogens is 1. The summed E-state index contributed by atoms with van der Waals surface area (Å²) in [5.41, 5.74) is 8.08. The molecular formula is C16H13FN2OS. The maximum absolute atomic E-state index is 12.9. The first-order valence-corrected chi connectivity index (χ1v) is 7.38. The van der Waals surface area contributed by atoms with E-state index < -0.39 is 0 Å². The van der Waals surface area contributed by atoms with Crippen LogP contribution < -0.4 is 5.73 Å². The van der Waals surface area contributed by atoms with Crippen molar-refractivity contribution in [1.29, 1.82) is 0 Å². The summed E-state index contributed by atoms with van der Waals surface area (Å²) in [6.45, 7) is 0. The Kier molecular flexibility index (Phi) is 3.92. The van der Waals surface area contributed by atoms with Gasteiger partial charge in [-0.1, -0.05) is 6.07 Å². The Morgan fingerprint density at radius 3 is 2.71 bits per heavy atom. The van der Waals surface area contributed by atoms with Crippen molar-refractivity contribution in [3.8, 4) is 11.5 Å². The molecule has 0 aliphatic rings. The van der Waals surface area contributed by atoms with Crippen molar-refractivity contribution in [3.05, 3.63) is 66.3 Å². The predicted octanol–water partition coefficient (Wildman–Crippen LogP) is 4.36. The smallest absolute Gasteiger partial charge is 0.226 e. The maximum Gasteiger partial charge on any atom is 0.226 e. The van der Waals surface area contributed by atoms with E-state index in [0.717, 1.165) is 21.8 Å². The molecule has 0 atom stereocenters. The van der Waals surface area contributed by atoms with E-state index in [9.17, 15) is 4.39 Å². The number of thioether (sulfide) groups is 1. The molecule has 0 spiro atoms. The van der Waals surface area contributed by atoms with Gasteiger partial charge in [-0.15, -0.1) is 11.8 Å². The van der Waals surface area contributed by atoms with Gasteiger partial charge in [0.05, 0.1) is 5.69 Å². The summed E-state index contributed by atoms with van der Waals surface area (Å²) in [6, 6.07) is 13.8. The lowest BCUT2D eigenvalue weighted by Gasteiger charge is -2.00. The van der Waals surface area contributed by atoms with Crippen LogP contribution in [-0.2, 0) is 5.75 Å². The van der Waals surface area contributed by atoms with Crippen LogP contribution in [0, 0.1) is 5.82 Å². The van der Waals surface area contributed by atoms with E-state index in [2.05, 4.69) is 4.98 Å². The van der Waals surface area contributed by atoms with Crippen LogP contribution in [0.4, 0.5) is 10.1 Å². The van der Waals surface area contributed by atoms with Gasteiger partial charge in [0, 0.05) is 21.9 Å². The fourth-order valence-electron chi connectivity index (χ4n) is 1.86. The van der Waals surface area contributed by atoms with Gasteiger partial charge in [-0.3, -0.25) is 0 Å². The molecule has 0 aliphatic carbocycles. The molecule has 2 aromatic carbocycles. The van der Waals surface area contributed by atoms with E-state index in [1.54, 1.807) is 30.2 Å². The largest absolute Gasteiger partial charge is 0.444 e. The third-order valence-corrected chi connectivity index (χ3v) is 3.92. The van der Waals surface area contributed by atoms with Crippen LogP contribution in [0.1, 0.15) is 5.69 Å². The van der Waals surface area contributed by atoms with Crippen molar-refractivity contribution in [2.75, 3.05) is 5.73 Å². The van der Waals surface area contributed by atoms with Crippen molar-refractivity contribution in [2.45, 2.75) is 10.6 Å². The third kappa shape index (κ3) is 3.44. The highest BCUT2D eigenvalue weighted by atomic mass is 32.2. The van der Waals surface area contributed by atoms with Gasteiger partial charge < -0.3 is 10.2 Å². The SMILES string of the molecule is Nc1cccc(SCc2coc(-c3ccc(F)cc3)n2)c1. The minimum atomic E-state index is -0.275. The highest BCUT2D eigenvalue weighted by Gasteiger charge is 2.07. The van der Waals surface area contributed by atoms with E-state index in [4.69, 9.17) is 10.2 Å². The van der Waals surface area contributed by atoms with Gasteiger partial charge in [0.15, 0.2) is 0 Å². The second-order valence-electron chi connectivity index (χ2n) is 4.51. The first kappa shape index (κ1) is 13.7. The molecule has 1 heterocycles. The number of rotatable bonds is 4. The second-order valence-corrected chi connectivity index (χ2v) is 5.56. The molecule has 2 N–H and O–H groups in total. The van der Waals surface area contributed by atoms with Crippen LogP contribution in [0.5, 0.6) is 0 Å². The van der Waals surface area contributed by atoms with Crippen molar-refractivity contribution in [3.63, 3.8) is 0 Å². The van der Waals surface area contributed by atoms with Crippen molar-refractivity contribution >= 4 is 17.4 Å². The molecule has 1 aromatic heterocycles. The number of nitrogens with two attached hydrogens (primary N) is 1. The lowest BCUT2D eigenvalue weighted by atomic mass is 10.2. The molecule has 21 heavy (non-hydrogen) atoms. The molecule has 5 heteroatoms. The van der Waals surface area contributed by atoms with E-state index >= 15 is 0 Å². The van der Waals surface area contributed by atoms with Gasteiger partial charge >= 0.3 is 0 Å². The predicted molar refractivity (Wildman–Crippen MR) is 82.3 cm³/mol. The van der Waals surface area contributed by atoms with Gasteiger partial charge in [-0.05, 0) is 42.5 Å². The van der Waals surface area contributed by atoms with Crippen LogP contribution in [0.25, 0.3) is 11.5 Å². The van der Waals surface area contributed by atoms with Crippen molar-refractivity contribution in [1.82, 2.24) is 4.98 Å². The van der Waals surface area contributed by atoms with Gasteiger partial charge in [-0.2, -0.15) is 0 Å². The minimum Gasteiger partial charge on any atom is -0.444 e. The molecule has 3 nitrogen and oxygen atoms in total. The van der Waals surface area contributed by atoms with Gasteiger partial charge in [-0.25, -0.2) is 9.37 Å². The number of nitrogen functional groups attached to an aromatic ring is 1. The van der Waals surface area contributed by atoms with E-state index in [0.29, 0.717) is 11.6 Å². The van der Waals surface area contributed by atoms with E-state index in [1.165, 1.54) is 12.1 Å². The standard InChI is InChI=1S/C16H13FN2OS/c17-12-6-4-11(5-7-12)16-19-14(9-20-16)10-21-15-3-1-2-13(18)8-15/h1-9H,10,18H2. The summed E-state index contributed by atoms with van der Waals surface area (Å²) in [6.07, 6.45) is 1.62. The number of aromatic nitrogens is 1. The minimum absolute atomic E-state index is 0.275. The van der Waals surface area contributed by atoms with Crippen LogP contribution >= 0.6 is 11.8 Å². The third-order valence-electron chi connectivity index (χ3n) is 2.89. The lowest BCUT2D eigenvalue weighted by molar-refractivity contribution is 0.573. The Hall–Kier alpha value is -2.27. The molecule has 0 bridgehead atoms. The molecule has 0 fully saturated rings. The van der Waals surface area contributed by atoms with Crippen LogP contribution in [0.15, 0.2) is 64.1 Å². The number of benzene rings is 2. The van der Waals surface area contributed by atoms with Gasteiger partial charge in [0.2, 0.25) is 5.89 Å². The Morgan fingerprint density at radius 2 is 1.95 bits per heavy atom. The van der Waals surface area contributed by atoms with Crippen LogP contribution in [-0.4, -0.2) is 4.98 Å². The summed E-state index contributed by atoms with van der Waals surface area (Å²) in [5.74, 6) is 0.912. The normalized spacial score (nSPS) is 10.7. The Morgan fingerprint density at radius 1 is 1.14 bits per heavy atom. The zero-order chi connectivity index (χ0) is 14.7. The Balaban J connectivity index is 1.69. The number of hydrogen-bond donors (Lipinski definition) is 1. The summed E-state index contributed by atoms with van der Waals surface area (Å²) >= 11 is 1.64. The first-order valence-electron chi connectivity index (χ1n) is 6.39. The fraction of sp³-hybridized carbons (Fsp3) is 0.0625. The number of hydrogen-bond acceptors (Lipinski definition) is 4. The summed E-state index contributed by atoms with van der Waals surface area (Å²) in [4.78, 5) is 5.49. The van der Waals surface area contributed by atoms with Crippen molar-refractivity contribution in [2.24, 2.45) is 0 Å². The zero-order valence-electron chi connectivity index (χ0n) is 11.1. The number of oxazole rings is 1. The highest BCUT2D eigenvalue weighted by Crippen LogP contribution is 2.26. The monoisotopic (exact) mass is 300 g/mol. The topological polar surface area (TPSA) is 52.0 Å².